The van der Waals surface area contributed by atoms with Crippen molar-refractivity contribution >= 4 is 5.91 Å². The van der Waals surface area contributed by atoms with Crippen molar-refractivity contribution in [3.63, 3.8) is 0 Å². The second-order valence-corrected chi connectivity index (χ2v) is 6.54. The zero-order valence-electron chi connectivity index (χ0n) is 14.4. The predicted molar refractivity (Wildman–Crippen MR) is 93.2 cm³/mol. The molecule has 0 spiro atoms. The molecule has 1 aliphatic heterocycles. The lowest BCUT2D eigenvalue weighted by Crippen LogP contribution is -2.49. The first kappa shape index (κ1) is 17.3. The molecule has 1 fully saturated rings. The lowest BCUT2D eigenvalue weighted by Gasteiger charge is -2.37. The Kier molecular flexibility index (Phi) is 4.66. The van der Waals surface area contributed by atoms with Gasteiger partial charge in [0.25, 0.3) is 5.91 Å². The molecule has 0 N–H and O–H groups in total. The molecule has 7 heteroatoms. The van der Waals surface area contributed by atoms with Crippen LogP contribution in [-0.2, 0) is 12.8 Å². The fourth-order valence-corrected chi connectivity index (χ4v) is 3.10. The Morgan fingerprint density at radius 1 is 1.04 bits per heavy atom. The first-order valence-electron chi connectivity index (χ1n) is 8.71. The Labute approximate surface area is 154 Å². The van der Waals surface area contributed by atoms with Gasteiger partial charge in [-0.3, -0.25) is 4.79 Å². The van der Waals surface area contributed by atoms with Crippen LogP contribution in [0.2, 0.25) is 0 Å². The summed E-state index contributed by atoms with van der Waals surface area (Å²) in [7, 11) is 0. The minimum atomic E-state index is -0.857. The van der Waals surface area contributed by atoms with Crippen molar-refractivity contribution in [2.45, 2.75) is 18.8 Å². The van der Waals surface area contributed by atoms with Crippen molar-refractivity contribution in [3.05, 3.63) is 83.0 Å². The molecule has 0 saturated carbocycles. The normalized spacial score (nSPS) is 14.2. The topological polar surface area (TPSA) is 59.2 Å². The van der Waals surface area contributed by atoms with Gasteiger partial charge >= 0.3 is 0 Å². The Hall–Kier alpha value is -3.09. The molecule has 0 aliphatic carbocycles. The number of carbonyl (C=O) groups excluding carboxylic acids is 1. The van der Waals surface area contributed by atoms with Crippen LogP contribution in [0.3, 0.4) is 0 Å². The maximum atomic E-state index is 13.7. The van der Waals surface area contributed by atoms with E-state index in [1.807, 2.05) is 30.3 Å². The maximum absolute atomic E-state index is 13.7. The summed E-state index contributed by atoms with van der Waals surface area (Å²) >= 11 is 0. The highest BCUT2D eigenvalue weighted by Gasteiger charge is 2.37. The van der Waals surface area contributed by atoms with Gasteiger partial charge in [0.15, 0.2) is 5.82 Å². The van der Waals surface area contributed by atoms with Crippen LogP contribution < -0.4 is 0 Å². The Balaban J connectivity index is 1.35. The number of amides is 1. The standard InChI is InChI=1S/C20H17F2N3O2/c21-15-7-4-8-16(22)18(15)20(26)25-11-14(12-25)19-23-17(24-27-19)10-9-13-5-2-1-3-6-13/h1-8,14H,9-12H2. The van der Waals surface area contributed by atoms with Gasteiger partial charge in [-0.25, -0.2) is 8.78 Å². The largest absolute Gasteiger partial charge is 0.339 e. The molecule has 1 aliphatic rings. The molecule has 3 aromatic rings. The minimum Gasteiger partial charge on any atom is -0.339 e. The smallest absolute Gasteiger partial charge is 0.259 e. The number of aromatic nitrogens is 2. The van der Waals surface area contributed by atoms with E-state index >= 15 is 0 Å². The van der Waals surface area contributed by atoms with Gasteiger partial charge in [-0.05, 0) is 24.1 Å². The summed E-state index contributed by atoms with van der Waals surface area (Å²) in [6.45, 7) is 0.597. The third-order valence-corrected chi connectivity index (χ3v) is 4.66. The summed E-state index contributed by atoms with van der Waals surface area (Å²) in [5.74, 6) is -1.42. The third kappa shape index (κ3) is 3.58. The number of benzene rings is 2. The van der Waals surface area contributed by atoms with E-state index in [-0.39, 0.29) is 5.92 Å². The van der Waals surface area contributed by atoms with Gasteiger partial charge in [0.2, 0.25) is 5.89 Å². The summed E-state index contributed by atoms with van der Waals surface area (Å²) in [6.07, 6.45) is 1.46. The van der Waals surface area contributed by atoms with Crippen LogP contribution in [0.25, 0.3) is 0 Å². The average Bonchev–Trinajstić information content (AvgIpc) is 3.08. The molecule has 4 rings (SSSR count). The summed E-state index contributed by atoms with van der Waals surface area (Å²) in [4.78, 5) is 18.0. The molecule has 5 nitrogen and oxygen atoms in total. The lowest BCUT2D eigenvalue weighted by atomic mass is 9.98. The van der Waals surface area contributed by atoms with Crippen LogP contribution in [0, 0.1) is 11.6 Å². The fourth-order valence-electron chi connectivity index (χ4n) is 3.10. The molecule has 2 heterocycles. The molecule has 27 heavy (non-hydrogen) atoms. The van der Waals surface area contributed by atoms with E-state index in [1.165, 1.54) is 16.5 Å². The zero-order valence-corrected chi connectivity index (χ0v) is 14.4. The average molecular weight is 369 g/mol. The van der Waals surface area contributed by atoms with E-state index in [0.717, 1.165) is 18.6 Å². The molecule has 1 amide bonds. The number of aryl methyl sites for hydroxylation is 2. The van der Waals surface area contributed by atoms with Gasteiger partial charge < -0.3 is 9.42 Å². The van der Waals surface area contributed by atoms with Gasteiger partial charge in [0, 0.05) is 19.5 Å². The van der Waals surface area contributed by atoms with Crippen LogP contribution in [0.15, 0.2) is 53.1 Å². The van der Waals surface area contributed by atoms with Crippen molar-refractivity contribution in [1.29, 1.82) is 0 Å². The van der Waals surface area contributed by atoms with Crippen LogP contribution in [0.4, 0.5) is 8.78 Å². The van der Waals surface area contributed by atoms with Crippen LogP contribution in [0.5, 0.6) is 0 Å². The zero-order chi connectivity index (χ0) is 18.8. The number of likely N-dealkylation sites (tertiary alicyclic amines) is 1. The molecule has 2 aromatic carbocycles. The molecule has 138 valence electrons. The quantitative estimate of drug-likeness (QED) is 0.692. The number of rotatable bonds is 5. The van der Waals surface area contributed by atoms with Gasteiger partial charge in [-0.2, -0.15) is 4.98 Å². The highest BCUT2D eigenvalue weighted by molar-refractivity contribution is 5.95. The van der Waals surface area contributed by atoms with Crippen LogP contribution in [0.1, 0.15) is 33.6 Å². The molecule has 1 aromatic heterocycles. The summed E-state index contributed by atoms with van der Waals surface area (Å²) in [5.41, 5.74) is 0.668. The second-order valence-electron chi connectivity index (χ2n) is 6.54. The summed E-state index contributed by atoms with van der Waals surface area (Å²) in [6, 6.07) is 13.4. The molecular formula is C20H17F2N3O2. The van der Waals surface area contributed by atoms with Crippen molar-refractivity contribution in [3.8, 4) is 0 Å². The number of carbonyl (C=O) groups is 1. The van der Waals surface area contributed by atoms with Crippen molar-refractivity contribution in [2.75, 3.05) is 13.1 Å². The first-order chi connectivity index (χ1) is 13.1. The SMILES string of the molecule is O=C(c1c(F)cccc1F)N1CC(c2nc(CCc3ccccc3)no2)C1. The maximum Gasteiger partial charge on any atom is 0.259 e. The van der Waals surface area contributed by atoms with Crippen LogP contribution in [-0.4, -0.2) is 34.0 Å². The second kappa shape index (κ2) is 7.26. The number of hydrogen-bond acceptors (Lipinski definition) is 4. The molecule has 0 atom stereocenters. The van der Waals surface area contributed by atoms with Gasteiger partial charge in [-0.1, -0.05) is 41.6 Å². The Bertz CT molecular complexity index is 933. The Morgan fingerprint density at radius 2 is 1.74 bits per heavy atom. The minimum absolute atomic E-state index is 0.109. The van der Waals surface area contributed by atoms with E-state index in [1.54, 1.807) is 0 Å². The third-order valence-electron chi connectivity index (χ3n) is 4.66. The summed E-state index contributed by atoms with van der Waals surface area (Å²) in [5, 5.41) is 3.98. The van der Waals surface area contributed by atoms with E-state index in [9.17, 15) is 13.6 Å². The van der Waals surface area contributed by atoms with Gasteiger partial charge in [-0.15, -0.1) is 0 Å². The van der Waals surface area contributed by atoms with Crippen molar-refractivity contribution < 1.29 is 18.1 Å². The molecular weight excluding hydrogens is 352 g/mol. The molecule has 0 radical (unpaired) electrons. The monoisotopic (exact) mass is 369 g/mol. The predicted octanol–water partition coefficient (Wildman–Crippen LogP) is 3.37. The molecule has 0 unspecified atom stereocenters. The molecule has 0 bridgehead atoms. The number of halogens is 2. The summed E-state index contributed by atoms with van der Waals surface area (Å²) < 4.78 is 32.8. The molecule has 1 saturated heterocycles. The van der Waals surface area contributed by atoms with Crippen LogP contribution >= 0.6 is 0 Å². The lowest BCUT2D eigenvalue weighted by molar-refractivity contribution is 0.0559. The number of hydrogen-bond donors (Lipinski definition) is 0. The first-order valence-corrected chi connectivity index (χ1v) is 8.71. The van der Waals surface area contributed by atoms with Crippen molar-refractivity contribution in [2.24, 2.45) is 0 Å². The highest BCUT2D eigenvalue weighted by Crippen LogP contribution is 2.28. The van der Waals surface area contributed by atoms with E-state index in [2.05, 4.69) is 10.1 Å². The van der Waals surface area contributed by atoms with Crippen molar-refractivity contribution in [1.82, 2.24) is 15.0 Å². The Morgan fingerprint density at radius 3 is 2.44 bits per heavy atom. The highest BCUT2D eigenvalue weighted by atomic mass is 19.1. The van der Waals surface area contributed by atoms with E-state index < -0.39 is 23.1 Å². The number of nitrogens with zero attached hydrogens (tertiary/aromatic N) is 3. The van der Waals surface area contributed by atoms with Gasteiger partial charge in [0.05, 0.1) is 5.92 Å². The van der Waals surface area contributed by atoms with E-state index in [4.69, 9.17) is 4.52 Å². The van der Waals surface area contributed by atoms with Gasteiger partial charge in [0.1, 0.15) is 17.2 Å². The fraction of sp³-hybridized carbons (Fsp3) is 0.250. The van der Waals surface area contributed by atoms with E-state index in [0.29, 0.717) is 31.2 Å².